The summed E-state index contributed by atoms with van der Waals surface area (Å²) in [6, 6.07) is 7.59. The van der Waals surface area contributed by atoms with Crippen LogP contribution in [0, 0.1) is 0 Å². The van der Waals surface area contributed by atoms with Crippen LogP contribution < -0.4 is 4.74 Å². The monoisotopic (exact) mass is 346 g/mol. The van der Waals surface area contributed by atoms with Crippen LogP contribution in [0.2, 0.25) is 0 Å². The zero-order valence-corrected chi connectivity index (χ0v) is 11.8. The van der Waals surface area contributed by atoms with E-state index in [1.54, 1.807) is 13.0 Å². The predicted octanol–water partition coefficient (Wildman–Crippen LogP) is 3.08. The molecular formula is C13H15IO3. The van der Waals surface area contributed by atoms with Gasteiger partial charge in [-0.05, 0) is 30.7 Å². The maximum absolute atomic E-state index is 11.1. The van der Waals surface area contributed by atoms with E-state index in [1.165, 1.54) is 6.08 Å². The molecule has 0 fully saturated rings. The number of ether oxygens (including phenoxy) is 2. The van der Waals surface area contributed by atoms with Crippen LogP contribution in [0.25, 0.3) is 6.08 Å². The second-order valence-corrected chi connectivity index (χ2v) is 4.27. The van der Waals surface area contributed by atoms with Crippen molar-refractivity contribution in [1.29, 1.82) is 0 Å². The summed E-state index contributed by atoms with van der Waals surface area (Å²) in [6.45, 7) is 2.86. The van der Waals surface area contributed by atoms with Crippen molar-refractivity contribution in [2.45, 2.75) is 6.92 Å². The SMILES string of the molecule is CCOC(=O)/C=C/c1cccc(OCCI)c1. The molecule has 0 saturated heterocycles. The lowest BCUT2D eigenvalue weighted by molar-refractivity contribution is -0.137. The fraction of sp³-hybridized carbons (Fsp3) is 0.308. The minimum absolute atomic E-state index is 0.328. The van der Waals surface area contributed by atoms with Crippen molar-refractivity contribution < 1.29 is 14.3 Å². The number of esters is 1. The van der Waals surface area contributed by atoms with Gasteiger partial charge in [0, 0.05) is 10.5 Å². The number of halogens is 1. The van der Waals surface area contributed by atoms with Crippen LogP contribution in [0.3, 0.4) is 0 Å². The van der Waals surface area contributed by atoms with Crippen LogP contribution in [0.4, 0.5) is 0 Å². The van der Waals surface area contributed by atoms with Gasteiger partial charge in [0.2, 0.25) is 0 Å². The van der Waals surface area contributed by atoms with E-state index < -0.39 is 0 Å². The number of carbonyl (C=O) groups is 1. The van der Waals surface area contributed by atoms with Gasteiger partial charge in [-0.25, -0.2) is 4.79 Å². The van der Waals surface area contributed by atoms with Crippen LogP contribution in [0.5, 0.6) is 5.75 Å². The molecule has 0 radical (unpaired) electrons. The Morgan fingerprint density at radius 1 is 1.47 bits per heavy atom. The first-order valence-corrected chi connectivity index (χ1v) is 6.92. The Morgan fingerprint density at radius 3 is 3.00 bits per heavy atom. The third-order valence-electron chi connectivity index (χ3n) is 1.90. The molecule has 0 unspecified atom stereocenters. The maximum atomic E-state index is 11.1. The summed E-state index contributed by atoms with van der Waals surface area (Å²) in [4.78, 5) is 11.1. The van der Waals surface area contributed by atoms with E-state index in [-0.39, 0.29) is 5.97 Å². The van der Waals surface area contributed by atoms with Crippen LogP contribution in [0.1, 0.15) is 12.5 Å². The van der Waals surface area contributed by atoms with Crippen LogP contribution in [-0.2, 0) is 9.53 Å². The Kier molecular flexibility index (Phi) is 6.69. The second-order valence-electron chi connectivity index (χ2n) is 3.20. The van der Waals surface area contributed by atoms with E-state index in [4.69, 9.17) is 9.47 Å². The van der Waals surface area contributed by atoms with Crippen molar-refractivity contribution in [3.8, 4) is 5.75 Å². The van der Waals surface area contributed by atoms with Gasteiger partial charge >= 0.3 is 5.97 Å². The van der Waals surface area contributed by atoms with Gasteiger partial charge in [0.05, 0.1) is 13.2 Å². The largest absolute Gasteiger partial charge is 0.493 e. The zero-order valence-electron chi connectivity index (χ0n) is 9.69. The Labute approximate surface area is 115 Å². The Hall–Kier alpha value is -1.04. The van der Waals surface area contributed by atoms with Gasteiger partial charge in [-0.15, -0.1) is 0 Å². The van der Waals surface area contributed by atoms with Crippen molar-refractivity contribution >= 4 is 34.6 Å². The second kappa shape index (κ2) is 8.11. The molecule has 1 rings (SSSR count). The summed E-state index contributed by atoms with van der Waals surface area (Å²) in [5, 5.41) is 0. The molecule has 1 aromatic carbocycles. The molecule has 0 atom stereocenters. The molecular weight excluding hydrogens is 331 g/mol. The average Bonchev–Trinajstić information content (AvgIpc) is 2.35. The number of hydrogen-bond acceptors (Lipinski definition) is 3. The van der Waals surface area contributed by atoms with Crippen molar-refractivity contribution in [3.05, 3.63) is 35.9 Å². The Morgan fingerprint density at radius 2 is 2.29 bits per heavy atom. The normalized spacial score (nSPS) is 10.5. The molecule has 0 aliphatic rings. The molecule has 3 nitrogen and oxygen atoms in total. The Balaban J connectivity index is 2.61. The van der Waals surface area contributed by atoms with E-state index in [9.17, 15) is 4.79 Å². The Bertz CT molecular complexity index is 388. The first kappa shape index (κ1) is 14.0. The molecule has 0 amide bonds. The van der Waals surface area contributed by atoms with Gasteiger partial charge in [-0.2, -0.15) is 0 Å². The molecule has 17 heavy (non-hydrogen) atoms. The highest BCUT2D eigenvalue weighted by Crippen LogP contribution is 2.14. The number of carbonyl (C=O) groups excluding carboxylic acids is 1. The third-order valence-corrected chi connectivity index (χ3v) is 2.34. The van der Waals surface area contributed by atoms with Crippen molar-refractivity contribution in [1.82, 2.24) is 0 Å². The summed E-state index contributed by atoms with van der Waals surface area (Å²) in [7, 11) is 0. The van der Waals surface area contributed by atoms with Crippen molar-refractivity contribution in [3.63, 3.8) is 0 Å². The highest BCUT2D eigenvalue weighted by molar-refractivity contribution is 14.1. The zero-order chi connectivity index (χ0) is 12.5. The van der Waals surface area contributed by atoms with E-state index in [1.807, 2.05) is 24.3 Å². The lowest BCUT2D eigenvalue weighted by Gasteiger charge is -2.04. The molecule has 0 aromatic heterocycles. The van der Waals surface area contributed by atoms with Crippen molar-refractivity contribution in [2.75, 3.05) is 17.6 Å². The van der Waals surface area contributed by atoms with E-state index in [2.05, 4.69) is 22.6 Å². The predicted molar refractivity (Wildman–Crippen MR) is 76.5 cm³/mol. The first-order chi connectivity index (χ1) is 8.26. The topological polar surface area (TPSA) is 35.5 Å². The van der Waals surface area contributed by atoms with Gasteiger partial charge in [0.1, 0.15) is 5.75 Å². The standard InChI is InChI=1S/C13H15IO3/c1-2-16-13(15)7-6-11-4-3-5-12(10-11)17-9-8-14/h3-7,10H,2,8-9H2,1H3/b7-6+. The highest BCUT2D eigenvalue weighted by atomic mass is 127. The molecule has 0 spiro atoms. The van der Waals surface area contributed by atoms with E-state index >= 15 is 0 Å². The molecule has 0 saturated carbocycles. The smallest absolute Gasteiger partial charge is 0.330 e. The summed E-state index contributed by atoms with van der Waals surface area (Å²) < 4.78 is 11.2. The average molecular weight is 346 g/mol. The summed E-state index contributed by atoms with van der Waals surface area (Å²) in [6.07, 6.45) is 3.13. The van der Waals surface area contributed by atoms with Crippen LogP contribution in [0.15, 0.2) is 30.3 Å². The number of rotatable bonds is 6. The molecule has 92 valence electrons. The molecule has 0 aliphatic carbocycles. The van der Waals surface area contributed by atoms with Gasteiger partial charge in [-0.3, -0.25) is 0 Å². The van der Waals surface area contributed by atoms with Crippen molar-refractivity contribution in [2.24, 2.45) is 0 Å². The molecule has 0 bridgehead atoms. The quantitative estimate of drug-likeness (QED) is 0.344. The number of alkyl halides is 1. The third kappa shape index (κ3) is 5.72. The number of benzene rings is 1. The fourth-order valence-corrected chi connectivity index (χ4v) is 1.44. The molecule has 0 aliphatic heterocycles. The molecule has 0 heterocycles. The fourth-order valence-electron chi connectivity index (χ4n) is 1.22. The minimum atomic E-state index is -0.328. The van der Waals surface area contributed by atoms with Crippen LogP contribution in [-0.4, -0.2) is 23.6 Å². The minimum Gasteiger partial charge on any atom is -0.493 e. The summed E-state index contributed by atoms with van der Waals surface area (Å²) >= 11 is 2.26. The first-order valence-electron chi connectivity index (χ1n) is 5.40. The molecule has 4 heteroatoms. The van der Waals surface area contributed by atoms with Gasteiger partial charge in [0.15, 0.2) is 0 Å². The molecule has 1 aromatic rings. The van der Waals surface area contributed by atoms with E-state index in [0.29, 0.717) is 13.2 Å². The van der Waals surface area contributed by atoms with Gasteiger partial charge in [-0.1, -0.05) is 34.7 Å². The van der Waals surface area contributed by atoms with Crippen LogP contribution >= 0.6 is 22.6 Å². The lowest BCUT2D eigenvalue weighted by Crippen LogP contribution is -1.99. The highest BCUT2D eigenvalue weighted by Gasteiger charge is 1.96. The summed E-state index contributed by atoms with van der Waals surface area (Å²) in [5.74, 6) is 0.485. The van der Waals surface area contributed by atoms with E-state index in [0.717, 1.165) is 15.7 Å². The lowest BCUT2D eigenvalue weighted by atomic mass is 10.2. The number of hydrogen-bond donors (Lipinski definition) is 0. The maximum Gasteiger partial charge on any atom is 0.330 e. The molecule has 0 N–H and O–H groups in total. The van der Waals surface area contributed by atoms with Gasteiger partial charge < -0.3 is 9.47 Å². The summed E-state index contributed by atoms with van der Waals surface area (Å²) in [5.41, 5.74) is 0.920. The van der Waals surface area contributed by atoms with Gasteiger partial charge in [0.25, 0.3) is 0 Å².